The lowest BCUT2D eigenvalue weighted by molar-refractivity contribution is -0.140. The fourth-order valence-corrected chi connectivity index (χ4v) is 2.96. The normalized spacial score (nSPS) is 13.0. The van der Waals surface area contributed by atoms with Gasteiger partial charge in [-0.3, -0.25) is 9.52 Å². The first kappa shape index (κ1) is 14.5. The molecular weight excluding hydrogens is 254 g/mol. The third kappa shape index (κ3) is 4.03. The van der Waals surface area contributed by atoms with Gasteiger partial charge in [0.15, 0.2) is 0 Å². The van der Waals surface area contributed by atoms with Gasteiger partial charge in [0.1, 0.15) is 0 Å². The van der Waals surface area contributed by atoms with E-state index in [4.69, 9.17) is 5.11 Å². The number of benzene rings is 1. The number of aliphatic carboxylic acids is 1. The Hall–Kier alpha value is -1.56. The number of carboxylic acid groups (broad SMARTS) is 1. The van der Waals surface area contributed by atoms with E-state index in [-0.39, 0.29) is 0 Å². The zero-order valence-corrected chi connectivity index (χ0v) is 11.2. The molecule has 0 amide bonds. The highest BCUT2D eigenvalue weighted by atomic mass is 32.2. The standard InChI is InChI=1S/C12H17NO4S/c1-3-10-6-4-5-7-11(10)13-18(16,17)8-9(2)12(14)15/h4-7,9,13H,3,8H2,1-2H3,(H,14,15). The number of anilines is 1. The molecule has 1 aromatic rings. The van der Waals surface area contributed by atoms with E-state index in [2.05, 4.69) is 4.72 Å². The minimum Gasteiger partial charge on any atom is -0.481 e. The summed E-state index contributed by atoms with van der Waals surface area (Å²) in [7, 11) is -3.64. The summed E-state index contributed by atoms with van der Waals surface area (Å²) in [5, 5.41) is 8.72. The SMILES string of the molecule is CCc1ccccc1NS(=O)(=O)CC(C)C(=O)O. The van der Waals surface area contributed by atoms with Crippen LogP contribution in [0.3, 0.4) is 0 Å². The molecule has 18 heavy (non-hydrogen) atoms. The molecule has 0 spiro atoms. The molecule has 100 valence electrons. The van der Waals surface area contributed by atoms with Crippen molar-refractivity contribution in [3.05, 3.63) is 29.8 Å². The molecule has 1 atom stereocenters. The fraction of sp³-hybridized carbons (Fsp3) is 0.417. The van der Waals surface area contributed by atoms with Gasteiger partial charge in [-0.05, 0) is 18.1 Å². The highest BCUT2D eigenvalue weighted by Crippen LogP contribution is 2.17. The minimum atomic E-state index is -3.64. The topological polar surface area (TPSA) is 83.5 Å². The van der Waals surface area contributed by atoms with Crippen LogP contribution >= 0.6 is 0 Å². The molecule has 0 saturated heterocycles. The van der Waals surface area contributed by atoms with Crippen LogP contribution in [0.1, 0.15) is 19.4 Å². The van der Waals surface area contributed by atoms with Crippen molar-refractivity contribution in [1.82, 2.24) is 0 Å². The van der Waals surface area contributed by atoms with Crippen LogP contribution in [0.15, 0.2) is 24.3 Å². The Labute approximate surface area is 107 Å². The zero-order chi connectivity index (χ0) is 13.8. The molecule has 0 aliphatic rings. The first-order valence-corrected chi connectivity index (χ1v) is 7.32. The quantitative estimate of drug-likeness (QED) is 0.825. The second kappa shape index (κ2) is 5.86. The van der Waals surface area contributed by atoms with Crippen LogP contribution in [0.5, 0.6) is 0 Å². The molecule has 5 nitrogen and oxygen atoms in total. The van der Waals surface area contributed by atoms with E-state index >= 15 is 0 Å². The lowest BCUT2D eigenvalue weighted by Gasteiger charge is -2.13. The van der Waals surface area contributed by atoms with E-state index in [1.54, 1.807) is 12.1 Å². The number of carboxylic acids is 1. The van der Waals surface area contributed by atoms with Crippen molar-refractivity contribution in [2.45, 2.75) is 20.3 Å². The lowest BCUT2D eigenvalue weighted by atomic mass is 10.1. The fourth-order valence-electron chi connectivity index (χ4n) is 1.54. The number of carbonyl (C=O) groups is 1. The smallest absolute Gasteiger partial charge is 0.307 e. The number of rotatable bonds is 6. The van der Waals surface area contributed by atoms with Crippen LogP contribution in [-0.2, 0) is 21.2 Å². The number of sulfonamides is 1. The Balaban J connectivity index is 2.86. The first-order chi connectivity index (χ1) is 8.35. The summed E-state index contributed by atoms with van der Waals surface area (Å²) in [6.45, 7) is 3.29. The van der Waals surface area contributed by atoms with Crippen LogP contribution in [0.4, 0.5) is 5.69 Å². The van der Waals surface area contributed by atoms with Crippen molar-refractivity contribution in [1.29, 1.82) is 0 Å². The molecule has 6 heteroatoms. The zero-order valence-electron chi connectivity index (χ0n) is 10.4. The predicted octanol–water partition coefficient (Wildman–Crippen LogP) is 1.71. The third-order valence-corrected chi connectivity index (χ3v) is 4.02. The number of hydrogen-bond donors (Lipinski definition) is 2. The van der Waals surface area contributed by atoms with Crippen molar-refractivity contribution in [3.63, 3.8) is 0 Å². The molecule has 0 aliphatic heterocycles. The van der Waals surface area contributed by atoms with Crippen LogP contribution in [0, 0.1) is 5.92 Å². The van der Waals surface area contributed by atoms with E-state index in [0.717, 1.165) is 5.56 Å². The maximum atomic E-state index is 11.8. The van der Waals surface area contributed by atoms with Gasteiger partial charge in [0.25, 0.3) is 0 Å². The number of para-hydroxylation sites is 1. The van der Waals surface area contributed by atoms with Crippen molar-refractivity contribution in [3.8, 4) is 0 Å². The second-order valence-electron chi connectivity index (χ2n) is 4.13. The predicted molar refractivity (Wildman–Crippen MR) is 70.0 cm³/mol. The Morgan fingerprint density at radius 1 is 1.39 bits per heavy atom. The molecule has 1 unspecified atom stereocenters. The maximum absolute atomic E-state index is 11.8. The molecule has 1 rings (SSSR count). The van der Waals surface area contributed by atoms with Crippen molar-refractivity contribution >= 4 is 21.7 Å². The van der Waals surface area contributed by atoms with Gasteiger partial charge in [-0.2, -0.15) is 0 Å². The van der Waals surface area contributed by atoms with E-state index in [9.17, 15) is 13.2 Å². The number of nitrogens with one attached hydrogen (secondary N) is 1. The molecule has 0 aromatic heterocycles. The van der Waals surface area contributed by atoms with Gasteiger partial charge in [0.05, 0.1) is 17.4 Å². The minimum absolute atomic E-state index is 0.430. The van der Waals surface area contributed by atoms with Crippen molar-refractivity contribution in [2.24, 2.45) is 5.92 Å². The van der Waals surface area contributed by atoms with Crippen LogP contribution in [-0.4, -0.2) is 25.2 Å². The van der Waals surface area contributed by atoms with E-state index < -0.39 is 27.7 Å². The summed E-state index contributed by atoms with van der Waals surface area (Å²) >= 11 is 0. The Kier molecular flexibility index (Phi) is 4.72. The van der Waals surface area contributed by atoms with Gasteiger partial charge in [0.2, 0.25) is 10.0 Å². The van der Waals surface area contributed by atoms with E-state index in [1.165, 1.54) is 6.92 Å². The molecule has 0 heterocycles. The average molecular weight is 271 g/mol. The Morgan fingerprint density at radius 3 is 2.56 bits per heavy atom. The summed E-state index contributed by atoms with van der Waals surface area (Å²) in [5.41, 5.74) is 1.39. The largest absolute Gasteiger partial charge is 0.481 e. The first-order valence-electron chi connectivity index (χ1n) is 5.67. The molecule has 0 bridgehead atoms. The highest BCUT2D eigenvalue weighted by molar-refractivity contribution is 7.92. The second-order valence-corrected chi connectivity index (χ2v) is 5.90. The van der Waals surface area contributed by atoms with Crippen molar-refractivity contribution < 1.29 is 18.3 Å². The molecule has 0 fully saturated rings. The summed E-state index contributed by atoms with van der Waals surface area (Å²) < 4.78 is 26.0. The Bertz CT molecular complexity index is 525. The molecule has 2 N–H and O–H groups in total. The molecular formula is C12H17NO4S. The van der Waals surface area contributed by atoms with Gasteiger partial charge in [-0.15, -0.1) is 0 Å². The number of aryl methyl sites for hydroxylation is 1. The summed E-state index contributed by atoms with van der Waals surface area (Å²) in [6, 6.07) is 7.06. The molecule has 1 aromatic carbocycles. The molecule has 0 aliphatic carbocycles. The van der Waals surface area contributed by atoms with Crippen LogP contribution in [0.2, 0.25) is 0 Å². The summed E-state index contributed by atoms with van der Waals surface area (Å²) in [6.07, 6.45) is 0.702. The molecule has 0 saturated carbocycles. The lowest BCUT2D eigenvalue weighted by Crippen LogP contribution is -2.26. The van der Waals surface area contributed by atoms with E-state index in [0.29, 0.717) is 12.1 Å². The summed E-state index contributed by atoms with van der Waals surface area (Å²) in [4.78, 5) is 10.7. The van der Waals surface area contributed by atoms with E-state index in [1.807, 2.05) is 19.1 Å². The molecule has 0 radical (unpaired) electrons. The van der Waals surface area contributed by atoms with Crippen LogP contribution < -0.4 is 4.72 Å². The summed E-state index contributed by atoms with van der Waals surface area (Å²) in [5.74, 6) is -2.49. The Morgan fingerprint density at radius 2 is 2.00 bits per heavy atom. The maximum Gasteiger partial charge on any atom is 0.307 e. The van der Waals surface area contributed by atoms with Crippen LogP contribution in [0.25, 0.3) is 0 Å². The van der Waals surface area contributed by atoms with Gasteiger partial charge in [-0.1, -0.05) is 32.0 Å². The van der Waals surface area contributed by atoms with Gasteiger partial charge in [0, 0.05) is 0 Å². The highest BCUT2D eigenvalue weighted by Gasteiger charge is 2.21. The van der Waals surface area contributed by atoms with Crippen molar-refractivity contribution in [2.75, 3.05) is 10.5 Å². The number of hydrogen-bond acceptors (Lipinski definition) is 3. The van der Waals surface area contributed by atoms with Gasteiger partial charge >= 0.3 is 5.97 Å². The van der Waals surface area contributed by atoms with Gasteiger partial charge in [-0.25, -0.2) is 8.42 Å². The monoisotopic (exact) mass is 271 g/mol. The third-order valence-electron chi connectivity index (χ3n) is 2.55. The van der Waals surface area contributed by atoms with Gasteiger partial charge < -0.3 is 5.11 Å². The average Bonchev–Trinajstić information content (AvgIpc) is 2.28.